The third-order valence-corrected chi connectivity index (χ3v) is 3.61. The van der Waals surface area contributed by atoms with E-state index in [1.54, 1.807) is 0 Å². The number of pyridine rings is 1. The van der Waals surface area contributed by atoms with Crippen LogP contribution >= 0.6 is 0 Å². The van der Waals surface area contributed by atoms with Gasteiger partial charge in [0, 0.05) is 18.9 Å². The Balaban J connectivity index is 1.90. The Labute approximate surface area is 114 Å². The van der Waals surface area contributed by atoms with Crippen molar-refractivity contribution in [1.29, 1.82) is 0 Å². The summed E-state index contributed by atoms with van der Waals surface area (Å²) in [6, 6.07) is 4.02. The number of likely N-dealkylation sites (tertiary alicyclic amines) is 1. The zero-order valence-electron chi connectivity index (χ0n) is 11.5. The van der Waals surface area contributed by atoms with E-state index in [-0.39, 0.29) is 12.0 Å². The number of aromatic nitrogens is 1. The van der Waals surface area contributed by atoms with Crippen LogP contribution in [0.4, 0.5) is 0 Å². The van der Waals surface area contributed by atoms with Crippen molar-refractivity contribution in [2.45, 2.75) is 38.6 Å². The molecule has 1 aliphatic heterocycles. The average Bonchev–Trinajstić information content (AvgIpc) is 2.47. The van der Waals surface area contributed by atoms with E-state index >= 15 is 0 Å². The van der Waals surface area contributed by atoms with Crippen LogP contribution in [0, 0.1) is 0 Å². The lowest BCUT2D eigenvalue weighted by Gasteiger charge is -2.33. The first kappa shape index (κ1) is 14.0. The van der Waals surface area contributed by atoms with E-state index in [4.69, 9.17) is 4.74 Å². The summed E-state index contributed by atoms with van der Waals surface area (Å²) in [5.74, 6) is -0.0584. The van der Waals surface area contributed by atoms with Crippen molar-refractivity contribution in [2.75, 3.05) is 19.7 Å². The number of carbonyl (C=O) groups is 1. The standard InChI is InChI=1S/C15H22N2O2/c1-2-19-15(18)14-5-3-4-11-17(14)12-8-13-6-9-16-10-7-13/h6-7,9-10,14H,2-5,8,11-12H2,1H3. The van der Waals surface area contributed by atoms with Crippen molar-refractivity contribution in [3.8, 4) is 0 Å². The van der Waals surface area contributed by atoms with Crippen LogP contribution in [0.15, 0.2) is 24.5 Å². The molecule has 0 amide bonds. The van der Waals surface area contributed by atoms with E-state index < -0.39 is 0 Å². The molecule has 0 spiro atoms. The summed E-state index contributed by atoms with van der Waals surface area (Å²) in [4.78, 5) is 18.2. The van der Waals surface area contributed by atoms with E-state index in [1.807, 2.05) is 31.5 Å². The minimum atomic E-state index is -0.0584. The second-order valence-electron chi connectivity index (χ2n) is 4.91. The van der Waals surface area contributed by atoms with Crippen LogP contribution in [0.25, 0.3) is 0 Å². The highest BCUT2D eigenvalue weighted by atomic mass is 16.5. The van der Waals surface area contributed by atoms with E-state index in [0.717, 1.165) is 32.4 Å². The SMILES string of the molecule is CCOC(=O)C1CCCCN1CCc1ccncc1. The molecule has 0 N–H and O–H groups in total. The van der Waals surface area contributed by atoms with Gasteiger partial charge < -0.3 is 4.74 Å². The Morgan fingerprint density at radius 2 is 2.21 bits per heavy atom. The molecule has 19 heavy (non-hydrogen) atoms. The van der Waals surface area contributed by atoms with Gasteiger partial charge in [-0.2, -0.15) is 0 Å². The monoisotopic (exact) mass is 262 g/mol. The van der Waals surface area contributed by atoms with Gasteiger partial charge in [-0.05, 0) is 50.4 Å². The van der Waals surface area contributed by atoms with Gasteiger partial charge in [0.1, 0.15) is 6.04 Å². The lowest BCUT2D eigenvalue weighted by molar-refractivity contribution is -0.150. The number of nitrogens with zero attached hydrogens (tertiary/aromatic N) is 2. The fraction of sp³-hybridized carbons (Fsp3) is 0.600. The Bertz CT molecular complexity index is 394. The number of piperidine rings is 1. The highest BCUT2D eigenvalue weighted by Crippen LogP contribution is 2.18. The molecular weight excluding hydrogens is 240 g/mol. The molecular formula is C15H22N2O2. The molecule has 104 valence electrons. The van der Waals surface area contributed by atoms with Crippen molar-refractivity contribution < 1.29 is 9.53 Å². The van der Waals surface area contributed by atoms with Gasteiger partial charge in [0.05, 0.1) is 6.61 Å². The second kappa shape index (κ2) is 7.24. The van der Waals surface area contributed by atoms with E-state index in [2.05, 4.69) is 9.88 Å². The molecule has 0 aromatic carbocycles. The largest absolute Gasteiger partial charge is 0.465 e. The van der Waals surface area contributed by atoms with E-state index in [1.165, 1.54) is 12.0 Å². The maximum Gasteiger partial charge on any atom is 0.323 e. The van der Waals surface area contributed by atoms with Gasteiger partial charge >= 0.3 is 5.97 Å². The van der Waals surface area contributed by atoms with Crippen molar-refractivity contribution in [3.05, 3.63) is 30.1 Å². The van der Waals surface area contributed by atoms with Crippen molar-refractivity contribution in [1.82, 2.24) is 9.88 Å². The van der Waals surface area contributed by atoms with Gasteiger partial charge in [-0.1, -0.05) is 6.42 Å². The van der Waals surface area contributed by atoms with Crippen molar-refractivity contribution >= 4 is 5.97 Å². The van der Waals surface area contributed by atoms with Crippen LogP contribution in [0.5, 0.6) is 0 Å². The van der Waals surface area contributed by atoms with Gasteiger partial charge in [0.15, 0.2) is 0 Å². The lowest BCUT2D eigenvalue weighted by atomic mass is 10.0. The minimum absolute atomic E-state index is 0.0458. The average molecular weight is 262 g/mol. The molecule has 1 aromatic rings. The zero-order chi connectivity index (χ0) is 13.5. The van der Waals surface area contributed by atoms with Crippen LogP contribution in [-0.2, 0) is 16.0 Å². The first-order chi connectivity index (χ1) is 9.31. The molecule has 1 aliphatic rings. The quantitative estimate of drug-likeness (QED) is 0.762. The molecule has 4 nitrogen and oxygen atoms in total. The molecule has 0 aliphatic carbocycles. The molecule has 1 fully saturated rings. The lowest BCUT2D eigenvalue weighted by Crippen LogP contribution is -2.46. The van der Waals surface area contributed by atoms with Crippen LogP contribution in [0.1, 0.15) is 31.7 Å². The predicted octanol–water partition coefficient (Wildman–Crippen LogP) is 2.04. The molecule has 0 saturated carbocycles. The maximum absolute atomic E-state index is 11.9. The number of hydrogen-bond acceptors (Lipinski definition) is 4. The number of carbonyl (C=O) groups excluding carboxylic acids is 1. The van der Waals surface area contributed by atoms with Gasteiger partial charge in [-0.25, -0.2) is 0 Å². The smallest absolute Gasteiger partial charge is 0.323 e. The van der Waals surface area contributed by atoms with Crippen molar-refractivity contribution in [2.24, 2.45) is 0 Å². The summed E-state index contributed by atoms with van der Waals surface area (Å²) in [6.45, 7) is 4.23. The third kappa shape index (κ3) is 4.03. The normalized spacial score (nSPS) is 20.2. The summed E-state index contributed by atoms with van der Waals surface area (Å²) in [7, 11) is 0. The van der Waals surface area contributed by atoms with Crippen molar-refractivity contribution in [3.63, 3.8) is 0 Å². The fourth-order valence-electron chi connectivity index (χ4n) is 2.59. The summed E-state index contributed by atoms with van der Waals surface area (Å²) >= 11 is 0. The molecule has 2 heterocycles. The molecule has 0 radical (unpaired) electrons. The Morgan fingerprint density at radius 1 is 1.42 bits per heavy atom. The molecule has 1 saturated heterocycles. The fourth-order valence-corrected chi connectivity index (χ4v) is 2.59. The summed E-state index contributed by atoms with van der Waals surface area (Å²) < 4.78 is 5.17. The van der Waals surface area contributed by atoms with Crippen LogP contribution in [0.3, 0.4) is 0 Å². The first-order valence-corrected chi connectivity index (χ1v) is 7.11. The van der Waals surface area contributed by atoms with Gasteiger partial charge in [-0.3, -0.25) is 14.7 Å². The van der Waals surface area contributed by atoms with E-state index in [0.29, 0.717) is 6.61 Å². The third-order valence-electron chi connectivity index (χ3n) is 3.61. The first-order valence-electron chi connectivity index (χ1n) is 7.11. The predicted molar refractivity (Wildman–Crippen MR) is 73.8 cm³/mol. The zero-order valence-corrected chi connectivity index (χ0v) is 11.5. The van der Waals surface area contributed by atoms with Gasteiger partial charge in [-0.15, -0.1) is 0 Å². The Kier molecular flexibility index (Phi) is 5.33. The number of hydrogen-bond donors (Lipinski definition) is 0. The summed E-state index contributed by atoms with van der Waals surface area (Å²) in [5.41, 5.74) is 1.27. The maximum atomic E-state index is 11.9. The Hall–Kier alpha value is -1.42. The molecule has 1 aromatic heterocycles. The van der Waals surface area contributed by atoms with E-state index in [9.17, 15) is 4.79 Å². The van der Waals surface area contributed by atoms with Crippen LogP contribution < -0.4 is 0 Å². The molecule has 0 bridgehead atoms. The van der Waals surface area contributed by atoms with Crippen LogP contribution in [-0.4, -0.2) is 41.6 Å². The summed E-state index contributed by atoms with van der Waals surface area (Å²) in [5, 5.41) is 0. The van der Waals surface area contributed by atoms with Crippen LogP contribution in [0.2, 0.25) is 0 Å². The van der Waals surface area contributed by atoms with Gasteiger partial charge in [0.2, 0.25) is 0 Å². The summed E-state index contributed by atoms with van der Waals surface area (Å²) in [6.07, 6.45) is 7.80. The highest BCUT2D eigenvalue weighted by molar-refractivity contribution is 5.75. The molecule has 1 unspecified atom stereocenters. The number of esters is 1. The minimum Gasteiger partial charge on any atom is -0.465 e. The number of rotatable bonds is 5. The highest BCUT2D eigenvalue weighted by Gasteiger charge is 2.29. The molecule has 4 heteroatoms. The second-order valence-corrected chi connectivity index (χ2v) is 4.91. The topological polar surface area (TPSA) is 42.4 Å². The molecule has 2 rings (SSSR count). The molecule has 1 atom stereocenters. The Morgan fingerprint density at radius 3 is 2.95 bits per heavy atom. The van der Waals surface area contributed by atoms with Gasteiger partial charge in [0.25, 0.3) is 0 Å². The number of ether oxygens (including phenoxy) is 1.